The third-order valence-electron chi connectivity index (χ3n) is 3.44. The number of nitrogens with zero attached hydrogens (tertiary/aromatic N) is 2. The Hall–Kier alpha value is -1.55. The van der Waals surface area contributed by atoms with Gasteiger partial charge in [-0.25, -0.2) is 4.79 Å². The summed E-state index contributed by atoms with van der Waals surface area (Å²) < 4.78 is 1.90. The fourth-order valence-electron chi connectivity index (χ4n) is 2.63. The maximum Gasteiger partial charge on any atom is 0.352 e. The van der Waals surface area contributed by atoms with E-state index in [1.165, 1.54) is 5.57 Å². The van der Waals surface area contributed by atoms with E-state index in [2.05, 4.69) is 11.5 Å². The second kappa shape index (κ2) is 5.40. The van der Waals surface area contributed by atoms with Gasteiger partial charge in [-0.15, -0.1) is 0 Å². The van der Waals surface area contributed by atoms with Gasteiger partial charge in [0.15, 0.2) is 0 Å². The molecule has 18 heavy (non-hydrogen) atoms. The first kappa shape index (κ1) is 12.9. The fourth-order valence-corrected chi connectivity index (χ4v) is 2.63. The van der Waals surface area contributed by atoms with Crippen LogP contribution in [0.3, 0.4) is 0 Å². The number of piperidine rings is 1. The Morgan fingerprint density at radius 1 is 1.50 bits per heavy atom. The molecule has 0 aromatic carbocycles. The van der Waals surface area contributed by atoms with Gasteiger partial charge in [-0.1, -0.05) is 12.2 Å². The molecule has 1 saturated heterocycles. The summed E-state index contributed by atoms with van der Waals surface area (Å²) in [6.45, 7) is 8.94. The molecular formula is C14H20N2O2. The zero-order valence-corrected chi connectivity index (χ0v) is 10.8. The van der Waals surface area contributed by atoms with Gasteiger partial charge in [0.2, 0.25) is 0 Å². The fraction of sp³-hybridized carbons (Fsp3) is 0.500. The van der Waals surface area contributed by atoms with Crippen molar-refractivity contribution in [2.75, 3.05) is 19.6 Å². The van der Waals surface area contributed by atoms with Crippen LogP contribution in [0.1, 0.15) is 36.3 Å². The molecule has 1 N–H and O–H groups in total. The number of carboxylic acid groups (broad SMARTS) is 1. The third kappa shape index (κ3) is 2.82. The molecule has 0 amide bonds. The van der Waals surface area contributed by atoms with Crippen LogP contribution in [0.15, 0.2) is 30.5 Å². The topological polar surface area (TPSA) is 45.5 Å². The molecule has 0 atom stereocenters. The summed E-state index contributed by atoms with van der Waals surface area (Å²) >= 11 is 0. The Morgan fingerprint density at radius 3 is 2.72 bits per heavy atom. The zero-order valence-electron chi connectivity index (χ0n) is 10.8. The van der Waals surface area contributed by atoms with E-state index in [0.717, 1.165) is 32.5 Å². The first-order valence-corrected chi connectivity index (χ1v) is 6.35. The summed E-state index contributed by atoms with van der Waals surface area (Å²) in [7, 11) is 0. The molecule has 98 valence electrons. The van der Waals surface area contributed by atoms with Gasteiger partial charge in [-0.3, -0.25) is 4.90 Å². The minimum absolute atomic E-state index is 0.312. The molecule has 4 nitrogen and oxygen atoms in total. The highest BCUT2D eigenvalue weighted by Crippen LogP contribution is 2.24. The minimum atomic E-state index is -0.843. The van der Waals surface area contributed by atoms with Crippen LogP contribution >= 0.6 is 0 Å². The van der Waals surface area contributed by atoms with Crippen LogP contribution in [0.4, 0.5) is 0 Å². The number of aromatic nitrogens is 1. The summed E-state index contributed by atoms with van der Waals surface area (Å²) in [6.07, 6.45) is 3.88. The van der Waals surface area contributed by atoms with E-state index < -0.39 is 5.97 Å². The van der Waals surface area contributed by atoms with Crippen LogP contribution < -0.4 is 0 Å². The van der Waals surface area contributed by atoms with Crippen molar-refractivity contribution in [1.82, 2.24) is 9.47 Å². The van der Waals surface area contributed by atoms with Gasteiger partial charge < -0.3 is 9.67 Å². The van der Waals surface area contributed by atoms with Crippen LogP contribution in [0.5, 0.6) is 0 Å². The molecule has 4 heteroatoms. The highest BCUT2D eigenvalue weighted by atomic mass is 16.4. The Labute approximate surface area is 108 Å². The molecule has 2 heterocycles. The standard InChI is InChI=1S/C14H20N2O2/c1-11(2)10-15-8-5-12(6-9-15)16-7-3-4-13(16)14(17)18/h3-4,7,12H,1,5-6,8-10H2,2H3,(H,17,18). The summed E-state index contributed by atoms with van der Waals surface area (Å²) in [6, 6.07) is 3.79. The van der Waals surface area contributed by atoms with Crippen molar-refractivity contribution in [3.05, 3.63) is 36.2 Å². The van der Waals surface area contributed by atoms with Crippen molar-refractivity contribution in [3.8, 4) is 0 Å². The lowest BCUT2D eigenvalue weighted by Gasteiger charge is -2.33. The molecule has 0 spiro atoms. The van der Waals surface area contributed by atoms with Crippen molar-refractivity contribution in [3.63, 3.8) is 0 Å². The number of carbonyl (C=O) groups is 1. The predicted molar refractivity (Wildman–Crippen MR) is 70.9 cm³/mol. The normalized spacial score (nSPS) is 17.8. The lowest BCUT2D eigenvalue weighted by molar-refractivity contribution is 0.0678. The molecule has 1 aliphatic heterocycles. The quantitative estimate of drug-likeness (QED) is 0.832. The second-order valence-corrected chi connectivity index (χ2v) is 5.07. The zero-order chi connectivity index (χ0) is 13.1. The van der Waals surface area contributed by atoms with E-state index in [9.17, 15) is 4.79 Å². The first-order chi connectivity index (χ1) is 8.58. The molecule has 2 rings (SSSR count). The molecule has 0 radical (unpaired) electrons. The summed E-state index contributed by atoms with van der Waals surface area (Å²) in [5.41, 5.74) is 1.58. The van der Waals surface area contributed by atoms with E-state index in [1.54, 1.807) is 6.07 Å². The Balaban J connectivity index is 1.99. The molecule has 1 fully saturated rings. The average Bonchev–Trinajstić information content (AvgIpc) is 2.78. The van der Waals surface area contributed by atoms with Crippen LogP contribution in [0.25, 0.3) is 0 Å². The number of likely N-dealkylation sites (tertiary alicyclic amines) is 1. The highest BCUT2D eigenvalue weighted by molar-refractivity contribution is 5.85. The molecule has 0 unspecified atom stereocenters. The number of hydrogen-bond donors (Lipinski definition) is 1. The Morgan fingerprint density at radius 2 is 2.17 bits per heavy atom. The second-order valence-electron chi connectivity index (χ2n) is 5.07. The lowest BCUT2D eigenvalue weighted by Crippen LogP contribution is -2.36. The van der Waals surface area contributed by atoms with E-state index >= 15 is 0 Å². The largest absolute Gasteiger partial charge is 0.477 e. The van der Waals surface area contributed by atoms with Crippen LogP contribution in [-0.2, 0) is 0 Å². The van der Waals surface area contributed by atoms with Crippen LogP contribution in [-0.4, -0.2) is 40.2 Å². The van der Waals surface area contributed by atoms with Gasteiger partial charge in [0.1, 0.15) is 5.69 Å². The number of aromatic carboxylic acids is 1. The SMILES string of the molecule is C=C(C)CN1CCC(n2cccc2C(=O)O)CC1. The van der Waals surface area contributed by atoms with Crippen molar-refractivity contribution in [2.45, 2.75) is 25.8 Å². The van der Waals surface area contributed by atoms with Gasteiger partial charge in [0.05, 0.1) is 0 Å². The van der Waals surface area contributed by atoms with Gasteiger partial charge >= 0.3 is 5.97 Å². The predicted octanol–water partition coefficient (Wildman–Crippen LogP) is 2.40. The van der Waals surface area contributed by atoms with E-state index in [1.807, 2.05) is 23.8 Å². The lowest BCUT2D eigenvalue weighted by atomic mass is 10.0. The van der Waals surface area contributed by atoms with Gasteiger partial charge in [-0.2, -0.15) is 0 Å². The number of carboxylic acids is 1. The van der Waals surface area contributed by atoms with Gasteiger partial charge in [-0.05, 0) is 31.9 Å². The maximum absolute atomic E-state index is 11.1. The molecule has 1 aliphatic rings. The van der Waals surface area contributed by atoms with Crippen molar-refractivity contribution in [1.29, 1.82) is 0 Å². The van der Waals surface area contributed by atoms with E-state index in [0.29, 0.717) is 11.7 Å². The van der Waals surface area contributed by atoms with Crippen molar-refractivity contribution < 1.29 is 9.90 Å². The third-order valence-corrected chi connectivity index (χ3v) is 3.44. The molecule has 0 aliphatic carbocycles. The molecular weight excluding hydrogens is 228 g/mol. The minimum Gasteiger partial charge on any atom is -0.477 e. The average molecular weight is 248 g/mol. The van der Waals surface area contributed by atoms with E-state index in [4.69, 9.17) is 5.11 Å². The Kier molecular flexibility index (Phi) is 3.87. The summed E-state index contributed by atoms with van der Waals surface area (Å²) in [5, 5.41) is 9.11. The number of rotatable bonds is 4. The molecule has 0 bridgehead atoms. The number of hydrogen-bond acceptors (Lipinski definition) is 2. The Bertz CT molecular complexity index is 442. The summed E-state index contributed by atoms with van der Waals surface area (Å²) in [4.78, 5) is 13.5. The molecule has 1 aromatic heterocycles. The van der Waals surface area contributed by atoms with Crippen LogP contribution in [0.2, 0.25) is 0 Å². The van der Waals surface area contributed by atoms with E-state index in [-0.39, 0.29) is 0 Å². The highest BCUT2D eigenvalue weighted by Gasteiger charge is 2.22. The monoisotopic (exact) mass is 248 g/mol. The van der Waals surface area contributed by atoms with Crippen molar-refractivity contribution >= 4 is 5.97 Å². The molecule has 1 aromatic rings. The molecule has 0 saturated carbocycles. The smallest absolute Gasteiger partial charge is 0.352 e. The van der Waals surface area contributed by atoms with Crippen LogP contribution in [0, 0.1) is 0 Å². The van der Waals surface area contributed by atoms with Gasteiger partial charge in [0, 0.05) is 31.9 Å². The maximum atomic E-state index is 11.1. The summed E-state index contributed by atoms with van der Waals surface area (Å²) in [5.74, 6) is -0.843. The van der Waals surface area contributed by atoms with Gasteiger partial charge in [0.25, 0.3) is 0 Å². The van der Waals surface area contributed by atoms with Crippen molar-refractivity contribution in [2.24, 2.45) is 0 Å². The first-order valence-electron chi connectivity index (χ1n) is 6.35.